The molecule has 0 saturated heterocycles. The normalized spacial score (nSPS) is 12.8. The Balaban J connectivity index is 2.06. The van der Waals surface area contributed by atoms with E-state index >= 15 is 0 Å². The molecule has 2 aromatic carbocycles. The molecular formula is C29H43N3O3. The van der Waals surface area contributed by atoms with E-state index in [-0.39, 0.29) is 11.8 Å². The van der Waals surface area contributed by atoms with Crippen LogP contribution in [-0.4, -0.2) is 35.5 Å². The van der Waals surface area contributed by atoms with Gasteiger partial charge in [-0.15, -0.1) is 0 Å². The van der Waals surface area contributed by atoms with Crippen molar-refractivity contribution in [3.63, 3.8) is 0 Å². The quantitative estimate of drug-likeness (QED) is 0.413. The van der Waals surface area contributed by atoms with Crippen LogP contribution in [0.3, 0.4) is 0 Å². The zero-order valence-electron chi connectivity index (χ0n) is 22.4. The van der Waals surface area contributed by atoms with Crippen LogP contribution in [0.25, 0.3) is 0 Å². The van der Waals surface area contributed by atoms with Gasteiger partial charge >= 0.3 is 0 Å². The summed E-state index contributed by atoms with van der Waals surface area (Å²) in [5.41, 5.74) is 0.852. The number of nitrogens with one attached hydrogen (secondary N) is 3. The van der Waals surface area contributed by atoms with Crippen LogP contribution >= 0.6 is 0 Å². The first-order valence-corrected chi connectivity index (χ1v) is 12.5. The average Bonchev–Trinajstić information content (AvgIpc) is 2.77. The van der Waals surface area contributed by atoms with Gasteiger partial charge in [0.15, 0.2) is 0 Å². The molecule has 3 N–H and O–H groups in total. The summed E-state index contributed by atoms with van der Waals surface area (Å²) in [6, 6.07) is 17.0. The first kappa shape index (κ1) is 28.4. The molecule has 0 aromatic heterocycles. The number of benzene rings is 2. The van der Waals surface area contributed by atoms with Crippen molar-refractivity contribution in [3.8, 4) is 5.75 Å². The van der Waals surface area contributed by atoms with Gasteiger partial charge in [0.1, 0.15) is 18.4 Å². The van der Waals surface area contributed by atoms with E-state index in [1.54, 1.807) is 0 Å². The lowest BCUT2D eigenvalue weighted by molar-refractivity contribution is -0.132. The monoisotopic (exact) mass is 481 g/mol. The molecule has 0 heterocycles. The van der Waals surface area contributed by atoms with Crippen LogP contribution in [-0.2, 0) is 22.6 Å². The second kappa shape index (κ2) is 12.7. The topological polar surface area (TPSA) is 79.5 Å². The molecule has 2 aromatic rings. The molecule has 0 aliphatic carbocycles. The van der Waals surface area contributed by atoms with Crippen molar-refractivity contribution in [2.24, 2.45) is 5.92 Å². The minimum Gasteiger partial charge on any atom is -0.489 e. The third-order valence-corrected chi connectivity index (χ3v) is 5.59. The summed E-state index contributed by atoms with van der Waals surface area (Å²) in [7, 11) is 0. The summed E-state index contributed by atoms with van der Waals surface area (Å²) >= 11 is 0. The fourth-order valence-electron chi connectivity index (χ4n) is 3.46. The van der Waals surface area contributed by atoms with E-state index in [0.717, 1.165) is 29.8 Å². The second-order valence-electron chi connectivity index (χ2n) is 11.1. The SMILES string of the molecule is CC(C)CCNC(C)(C)C(=O)N[C@@H](Cc1ccc(OCc2ccccc2)cc1)C(=O)NC(C)(C)C. The predicted octanol–water partition coefficient (Wildman–Crippen LogP) is 4.62. The van der Waals surface area contributed by atoms with Crippen LogP contribution in [0.4, 0.5) is 0 Å². The van der Waals surface area contributed by atoms with Crippen LogP contribution < -0.4 is 20.7 Å². The third kappa shape index (κ3) is 10.5. The van der Waals surface area contributed by atoms with Gasteiger partial charge in [-0.3, -0.25) is 9.59 Å². The zero-order valence-corrected chi connectivity index (χ0v) is 22.4. The molecule has 0 fully saturated rings. The summed E-state index contributed by atoms with van der Waals surface area (Å²) in [6.45, 7) is 15.0. The van der Waals surface area contributed by atoms with Gasteiger partial charge in [0.25, 0.3) is 0 Å². The van der Waals surface area contributed by atoms with Crippen LogP contribution in [0.5, 0.6) is 5.75 Å². The van der Waals surface area contributed by atoms with E-state index in [0.29, 0.717) is 18.9 Å². The van der Waals surface area contributed by atoms with E-state index in [9.17, 15) is 9.59 Å². The highest BCUT2D eigenvalue weighted by Gasteiger charge is 2.32. The summed E-state index contributed by atoms with van der Waals surface area (Å²) < 4.78 is 5.87. The van der Waals surface area contributed by atoms with Gasteiger partial charge in [0.05, 0.1) is 5.54 Å². The number of carbonyl (C=O) groups excluding carboxylic acids is 2. The molecule has 2 rings (SSSR count). The number of amides is 2. The van der Waals surface area contributed by atoms with E-state index in [2.05, 4.69) is 29.8 Å². The van der Waals surface area contributed by atoms with Crippen molar-refractivity contribution in [2.75, 3.05) is 6.54 Å². The summed E-state index contributed by atoms with van der Waals surface area (Å²) in [5, 5.41) is 9.31. The van der Waals surface area contributed by atoms with Crippen LogP contribution in [0.1, 0.15) is 66.0 Å². The molecule has 0 radical (unpaired) electrons. The Morgan fingerprint density at radius 1 is 0.886 bits per heavy atom. The molecule has 0 unspecified atom stereocenters. The molecule has 0 aliphatic rings. The van der Waals surface area contributed by atoms with Gasteiger partial charge in [-0.1, -0.05) is 56.3 Å². The summed E-state index contributed by atoms with van der Waals surface area (Å²) in [4.78, 5) is 26.2. The van der Waals surface area contributed by atoms with Crippen molar-refractivity contribution in [1.82, 2.24) is 16.0 Å². The average molecular weight is 482 g/mol. The van der Waals surface area contributed by atoms with Crippen molar-refractivity contribution in [3.05, 3.63) is 65.7 Å². The largest absolute Gasteiger partial charge is 0.489 e. The van der Waals surface area contributed by atoms with Gasteiger partial charge in [-0.2, -0.15) is 0 Å². The highest BCUT2D eigenvalue weighted by molar-refractivity contribution is 5.92. The van der Waals surface area contributed by atoms with Crippen LogP contribution in [0.15, 0.2) is 54.6 Å². The lowest BCUT2D eigenvalue weighted by Crippen LogP contribution is -2.59. The van der Waals surface area contributed by atoms with Crippen molar-refractivity contribution >= 4 is 11.8 Å². The minimum absolute atomic E-state index is 0.196. The first-order chi connectivity index (χ1) is 16.4. The predicted molar refractivity (Wildman–Crippen MR) is 142 cm³/mol. The molecule has 6 heteroatoms. The lowest BCUT2D eigenvalue weighted by Gasteiger charge is -2.30. The van der Waals surface area contributed by atoms with E-state index < -0.39 is 17.1 Å². The fraction of sp³-hybridized carbons (Fsp3) is 0.517. The van der Waals surface area contributed by atoms with Crippen molar-refractivity contribution in [1.29, 1.82) is 0 Å². The molecule has 2 amide bonds. The van der Waals surface area contributed by atoms with E-state index in [4.69, 9.17) is 4.74 Å². The van der Waals surface area contributed by atoms with Gasteiger partial charge in [0.2, 0.25) is 11.8 Å². The highest BCUT2D eigenvalue weighted by atomic mass is 16.5. The molecule has 0 saturated carbocycles. The second-order valence-corrected chi connectivity index (χ2v) is 11.1. The fourth-order valence-corrected chi connectivity index (χ4v) is 3.46. The molecule has 1 atom stereocenters. The Kier molecular flexibility index (Phi) is 10.3. The smallest absolute Gasteiger partial charge is 0.243 e. The standard InChI is InChI=1S/C29H43N3O3/c1-21(2)17-18-30-29(6,7)27(34)31-25(26(33)32-28(3,4)5)19-22-13-15-24(16-14-22)35-20-23-11-9-8-10-12-23/h8-16,21,25,30H,17-20H2,1-7H3,(H,31,34)(H,32,33)/t25-/m0/s1. The maximum Gasteiger partial charge on any atom is 0.243 e. The Morgan fingerprint density at radius 3 is 2.09 bits per heavy atom. The van der Waals surface area contributed by atoms with Crippen molar-refractivity contribution in [2.45, 2.75) is 85.0 Å². The molecule has 0 bridgehead atoms. The maximum atomic E-state index is 13.1. The maximum absolute atomic E-state index is 13.1. The molecule has 0 spiro atoms. The van der Waals surface area contributed by atoms with Gasteiger partial charge in [-0.05, 0) is 76.8 Å². The third-order valence-electron chi connectivity index (χ3n) is 5.59. The van der Waals surface area contributed by atoms with E-state index in [1.165, 1.54) is 0 Å². The minimum atomic E-state index is -0.787. The molecule has 35 heavy (non-hydrogen) atoms. The summed E-state index contributed by atoms with van der Waals surface area (Å²) in [6.07, 6.45) is 1.36. The van der Waals surface area contributed by atoms with Gasteiger partial charge in [-0.25, -0.2) is 0 Å². The Hall–Kier alpha value is -2.86. The number of ether oxygens (including phenoxy) is 1. The molecule has 0 aliphatic heterocycles. The molecule has 192 valence electrons. The van der Waals surface area contributed by atoms with Gasteiger partial charge < -0.3 is 20.7 Å². The Morgan fingerprint density at radius 2 is 1.51 bits per heavy atom. The molecule has 6 nitrogen and oxygen atoms in total. The molecular weight excluding hydrogens is 438 g/mol. The Bertz CT molecular complexity index is 932. The number of hydrogen-bond donors (Lipinski definition) is 3. The van der Waals surface area contributed by atoms with Gasteiger partial charge in [0, 0.05) is 12.0 Å². The highest BCUT2D eigenvalue weighted by Crippen LogP contribution is 2.16. The van der Waals surface area contributed by atoms with E-state index in [1.807, 2.05) is 89.2 Å². The van der Waals surface area contributed by atoms with Crippen LogP contribution in [0.2, 0.25) is 0 Å². The number of carbonyl (C=O) groups is 2. The van der Waals surface area contributed by atoms with Crippen molar-refractivity contribution < 1.29 is 14.3 Å². The first-order valence-electron chi connectivity index (χ1n) is 12.5. The lowest BCUT2D eigenvalue weighted by atomic mass is 9.99. The van der Waals surface area contributed by atoms with Crippen LogP contribution in [0, 0.1) is 5.92 Å². The number of rotatable bonds is 12. The Labute approximate surface area is 211 Å². The zero-order chi connectivity index (χ0) is 26.1. The summed E-state index contributed by atoms with van der Waals surface area (Å²) in [5.74, 6) is 0.908. The number of hydrogen-bond acceptors (Lipinski definition) is 4.